The Balaban J connectivity index is 2.30. The van der Waals surface area contributed by atoms with E-state index in [1.165, 1.54) is 55.3 Å². The van der Waals surface area contributed by atoms with E-state index in [1.54, 1.807) is 0 Å². The standard InChI is InChI=1S/C17H29N/c1-5-6-7-8-9-10-16(4)18-17-13-14(2)11-12-15(17)3/h11-13,16,18H,5-10H2,1-4H3. The van der Waals surface area contributed by atoms with Crippen molar-refractivity contribution in [3.8, 4) is 0 Å². The van der Waals surface area contributed by atoms with Gasteiger partial charge in [0.2, 0.25) is 0 Å². The minimum atomic E-state index is 0.576. The lowest BCUT2D eigenvalue weighted by molar-refractivity contribution is 0.578. The fourth-order valence-electron chi connectivity index (χ4n) is 2.28. The smallest absolute Gasteiger partial charge is 0.0374 e. The highest BCUT2D eigenvalue weighted by Crippen LogP contribution is 2.19. The van der Waals surface area contributed by atoms with Crippen LogP contribution in [-0.2, 0) is 0 Å². The van der Waals surface area contributed by atoms with Crippen molar-refractivity contribution in [2.24, 2.45) is 0 Å². The summed E-state index contributed by atoms with van der Waals surface area (Å²) in [7, 11) is 0. The number of anilines is 1. The number of unbranched alkanes of at least 4 members (excludes halogenated alkanes) is 4. The highest BCUT2D eigenvalue weighted by atomic mass is 14.9. The lowest BCUT2D eigenvalue weighted by Crippen LogP contribution is -2.15. The van der Waals surface area contributed by atoms with Crippen LogP contribution in [0.15, 0.2) is 18.2 Å². The molecule has 0 aliphatic heterocycles. The van der Waals surface area contributed by atoms with Crippen LogP contribution in [0, 0.1) is 13.8 Å². The molecule has 0 aliphatic rings. The topological polar surface area (TPSA) is 12.0 Å². The molecule has 0 bridgehead atoms. The second-order valence-corrected chi connectivity index (χ2v) is 5.57. The Morgan fingerprint density at radius 2 is 1.78 bits per heavy atom. The molecule has 1 aromatic carbocycles. The maximum absolute atomic E-state index is 3.64. The first-order valence-electron chi connectivity index (χ1n) is 7.47. The highest BCUT2D eigenvalue weighted by Gasteiger charge is 2.04. The predicted octanol–water partition coefficient (Wildman–Crippen LogP) is 5.46. The maximum atomic E-state index is 3.64. The Kier molecular flexibility index (Phi) is 6.85. The van der Waals surface area contributed by atoms with Gasteiger partial charge in [0, 0.05) is 11.7 Å². The monoisotopic (exact) mass is 247 g/mol. The third-order valence-corrected chi connectivity index (χ3v) is 3.54. The molecule has 0 spiro atoms. The summed E-state index contributed by atoms with van der Waals surface area (Å²) in [6.45, 7) is 8.89. The zero-order valence-corrected chi connectivity index (χ0v) is 12.6. The van der Waals surface area contributed by atoms with Gasteiger partial charge in [-0.1, -0.05) is 51.2 Å². The summed E-state index contributed by atoms with van der Waals surface area (Å²) in [4.78, 5) is 0. The predicted molar refractivity (Wildman–Crippen MR) is 82.4 cm³/mol. The van der Waals surface area contributed by atoms with Gasteiger partial charge in [-0.2, -0.15) is 0 Å². The van der Waals surface area contributed by atoms with Crippen LogP contribution in [0.25, 0.3) is 0 Å². The molecule has 0 fully saturated rings. The SMILES string of the molecule is CCCCCCCC(C)Nc1cc(C)ccc1C. The Hall–Kier alpha value is -0.980. The Labute approximate surface area is 113 Å². The summed E-state index contributed by atoms with van der Waals surface area (Å²) >= 11 is 0. The first kappa shape index (κ1) is 15.1. The van der Waals surface area contributed by atoms with Gasteiger partial charge in [0.15, 0.2) is 0 Å². The minimum Gasteiger partial charge on any atom is -0.382 e. The van der Waals surface area contributed by atoms with Crippen LogP contribution in [0.4, 0.5) is 5.69 Å². The van der Waals surface area contributed by atoms with Gasteiger partial charge in [-0.25, -0.2) is 0 Å². The molecule has 1 rings (SSSR count). The number of nitrogens with one attached hydrogen (secondary N) is 1. The molecule has 0 radical (unpaired) electrons. The number of rotatable bonds is 8. The van der Waals surface area contributed by atoms with Gasteiger partial charge in [0.1, 0.15) is 0 Å². The van der Waals surface area contributed by atoms with Crippen LogP contribution in [0.3, 0.4) is 0 Å². The van der Waals surface area contributed by atoms with Crippen molar-refractivity contribution in [3.63, 3.8) is 0 Å². The molecule has 102 valence electrons. The zero-order valence-electron chi connectivity index (χ0n) is 12.6. The quantitative estimate of drug-likeness (QED) is 0.601. The van der Waals surface area contributed by atoms with E-state index in [1.807, 2.05) is 0 Å². The van der Waals surface area contributed by atoms with Gasteiger partial charge in [-0.05, 0) is 44.4 Å². The van der Waals surface area contributed by atoms with Crippen molar-refractivity contribution in [1.29, 1.82) is 0 Å². The molecule has 1 nitrogen and oxygen atoms in total. The van der Waals surface area contributed by atoms with Crippen molar-refractivity contribution in [1.82, 2.24) is 0 Å². The molecule has 18 heavy (non-hydrogen) atoms. The summed E-state index contributed by atoms with van der Waals surface area (Å²) in [5, 5.41) is 3.64. The summed E-state index contributed by atoms with van der Waals surface area (Å²) in [5.41, 5.74) is 3.98. The van der Waals surface area contributed by atoms with Crippen molar-refractivity contribution in [2.45, 2.75) is 72.3 Å². The van der Waals surface area contributed by atoms with Gasteiger partial charge < -0.3 is 5.32 Å². The second-order valence-electron chi connectivity index (χ2n) is 5.57. The summed E-state index contributed by atoms with van der Waals surface area (Å²) in [5.74, 6) is 0. The molecule has 1 N–H and O–H groups in total. The van der Waals surface area contributed by atoms with Crippen molar-refractivity contribution in [3.05, 3.63) is 29.3 Å². The largest absolute Gasteiger partial charge is 0.382 e. The maximum Gasteiger partial charge on any atom is 0.0374 e. The average molecular weight is 247 g/mol. The molecule has 0 heterocycles. The first-order chi connectivity index (χ1) is 8.63. The van der Waals surface area contributed by atoms with Crippen LogP contribution in [-0.4, -0.2) is 6.04 Å². The second kappa shape index (κ2) is 8.18. The zero-order chi connectivity index (χ0) is 13.4. The minimum absolute atomic E-state index is 0.576. The summed E-state index contributed by atoms with van der Waals surface area (Å²) < 4.78 is 0. The van der Waals surface area contributed by atoms with E-state index >= 15 is 0 Å². The molecule has 0 aromatic heterocycles. The number of benzene rings is 1. The van der Waals surface area contributed by atoms with E-state index in [2.05, 4.69) is 51.2 Å². The molecule has 1 aromatic rings. The molecular weight excluding hydrogens is 218 g/mol. The highest BCUT2D eigenvalue weighted by molar-refractivity contribution is 5.52. The van der Waals surface area contributed by atoms with Crippen molar-refractivity contribution in [2.75, 3.05) is 5.32 Å². The van der Waals surface area contributed by atoms with Crippen LogP contribution in [0.2, 0.25) is 0 Å². The van der Waals surface area contributed by atoms with E-state index in [4.69, 9.17) is 0 Å². The van der Waals surface area contributed by atoms with Crippen LogP contribution in [0.1, 0.15) is 63.5 Å². The van der Waals surface area contributed by atoms with E-state index in [9.17, 15) is 0 Å². The number of aryl methyl sites for hydroxylation is 2. The Morgan fingerprint density at radius 1 is 1.06 bits per heavy atom. The van der Waals surface area contributed by atoms with E-state index in [0.717, 1.165) is 0 Å². The fourth-order valence-corrected chi connectivity index (χ4v) is 2.28. The lowest BCUT2D eigenvalue weighted by Gasteiger charge is -2.17. The van der Waals surface area contributed by atoms with Crippen LogP contribution in [0.5, 0.6) is 0 Å². The first-order valence-corrected chi connectivity index (χ1v) is 7.47. The van der Waals surface area contributed by atoms with Gasteiger partial charge in [0.25, 0.3) is 0 Å². The van der Waals surface area contributed by atoms with E-state index in [0.29, 0.717) is 6.04 Å². The normalized spacial score (nSPS) is 12.4. The number of hydrogen-bond acceptors (Lipinski definition) is 1. The lowest BCUT2D eigenvalue weighted by atomic mass is 10.1. The molecule has 1 unspecified atom stereocenters. The average Bonchev–Trinajstić information content (AvgIpc) is 2.33. The molecular formula is C17H29N. The van der Waals surface area contributed by atoms with Gasteiger partial charge in [0.05, 0.1) is 0 Å². The Morgan fingerprint density at radius 3 is 2.50 bits per heavy atom. The summed E-state index contributed by atoms with van der Waals surface area (Å²) in [6, 6.07) is 7.21. The van der Waals surface area contributed by atoms with Crippen LogP contribution < -0.4 is 5.32 Å². The molecule has 0 saturated carbocycles. The van der Waals surface area contributed by atoms with Gasteiger partial charge >= 0.3 is 0 Å². The Bertz CT molecular complexity index is 343. The summed E-state index contributed by atoms with van der Waals surface area (Å²) in [6.07, 6.45) is 8.12. The van der Waals surface area contributed by atoms with Gasteiger partial charge in [-0.3, -0.25) is 0 Å². The third-order valence-electron chi connectivity index (χ3n) is 3.54. The number of hydrogen-bond donors (Lipinski definition) is 1. The molecule has 0 amide bonds. The van der Waals surface area contributed by atoms with Gasteiger partial charge in [-0.15, -0.1) is 0 Å². The molecule has 1 atom stereocenters. The molecule has 0 saturated heterocycles. The molecule has 0 aliphatic carbocycles. The fraction of sp³-hybridized carbons (Fsp3) is 0.647. The van der Waals surface area contributed by atoms with E-state index in [-0.39, 0.29) is 0 Å². The van der Waals surface area contributed by atoms with E-state index < -0.39 is 0 Å². The molecule has 1 heteroatoms. The third kappa shape index (κ3) is 5.57. The van der Waals surface area contributed by atoms with Crippen molar-refractivity contribution >= 4 is 5.69 Å². The van der Waals surface area contributed by atoms with Crippen molar-refractivity contribution < 1.29 is 0 Å². The van der Waals surface area contributed by atoms with Crippen LogP contribution >= 0.6 is 0 Å².